The van der Waals surface area contributed by atoms with Crippen molar-refractivity contribution in [1.82, 2.24) is 16.0 Å². The van der Waals surface area contributed by atoms with Gasteiger partial charge in [-0.15, -0.1) is 24.0 Å². The quantitative estimate of drug-likeness (QED) is 0.327. The van der Waals surface area contributed by atoms with Gasteiger partial charge in [-0.05, 0) is 20.3 Å². The van der Waals surface area contributed by atoms with Gasteiger partial charge in [-0.3, -0.25) is 4.79 Å². The molecule has 0 aliphatic heterocycles. The molecule has 7 heteroatoms. The number of carbonyl (C=O) groups excluding carboxylic acids is 1. The minimum atomic E-state index is -0.0616. The van der Waals surface area contributed by atoms with Gasteiger partial charge in [0, 0.05) is 26.2 Å². The van der Waals surface area contributed by atoms with Crippen LogP contribution in [0.15, 0.2) is 4.99 Å². The third-order valence-corrected chi connectivity index (χ3v) is 2.10. The first-order valence-electron chi connectivity index (χ1n) is 6.44. The summed E-state index contributed by atoms with van der Waals surface area (Å²) in [6.45, 7) is 8.16. The maximum absolute atomic E-state index is 11.4. The zero-order valence-electron chi connectivity index (χ0n) is 12.3. The van der Waals surface area contributed by atoms with E-state index in [-0.39, 0.29) is 42.5 Å². The molecule has 3 N–H and O–H groups in total. The molecule has 0 bridgehead atoms. The Morgan fingerprint density at radius 2 is 2.00 bits per heavy atom. The van der Waals surface area contributed by atoms with E-state index in [4.69, 9.17) is 4.74 Å². The molecule has 1 unspecified atom stereocenters. The fraction of sp³-hybridized carbons (Fsp3) is 0.833. The van der Waals surface area contributed by atoms with Gasteiger partial charge in [-0.1, -0.05) is 6.92 Å². The molecule has 0 heterocycles. The Morgan fingerprint density at radius 3 is 2.53 bits per heavy atom. The van der Waals surface area contributed by atoms with Gasteiger partial charge in [0.05, 0.1) is 6.61 Å². The summed E-state index contributed by atoms with van der Waals surface area (Å²) in [5, 5.41) is 9.03. The maximum Gasteiger partial charge on any atom is 0.241 e. The highest BCUT2D eigenvalue weighted by Gasteiger charge is 2.05. The van der Waals surface area contributed by atoms with Crippen molar-refractivity contribution in [2.75, 3.05) is 33.4 Å². The largest absolute Gasteiger partial charge is 0.383 e. The van der Waals surface area contributed by atoms with Crippen LogP contribution in [0.4, 0.5) is 0 Å². The average Bonchev–Trinajstić information content (AvgIpc) is 2.34. The lowest BCUT2D eigenvalue weighted by atomic mass is 10.4. The summed E-state index contributed by atoms with van der Waals surface area (Å²) in [5.41, 5.74) is 0. The maximum atomic E-state index is 11.4. The van der Waals surface area contributed by atoms with Crippen molar-refractivity contribution >= 4 is 35.8 Å². The Labute approximate surface area is 133 Å². The third-order valence-electron chi connectivity index (χ3n) is 2.10. The lowest BCUT2D eigenvalue weighted by Gasteiger charge is -2.16. The van der Waals surface area contributed by atoms with Crippen molar-refractivity contribution in [3.8, 4) is 0 Å². The molecule has 0 aromatic rings. The molecule has 0 saturated carbocycles. The number of methoxy groups -OCH3 is 1. The topological polar surface area (TPSA) is 74.8 Å². The molecule has 0 saturated heterocycles. The zero-order valence-corrected chi connectivity index (χ0v) is 14.6. The highest BCUT2D eigenvalue weighted by atomic mass is 127. The van der Waals surface area contributed by atoms with Gasteiger partial charge in [-0.25, -0.2) is 4.99 Å². The van der Waals surface area contributed by atoms with Crippen molar-refractivity contribution in [1.29, 1.82) is 0 Å². The van der Waals surface area contributed by atoms with Crippen LogP contribution in [0.1, 0.15) is 27.2 Å². The first-order valence-corrected chi connectivity index (χ1v) is 6.44. The van der Waals surface area contributed by atoms with Crippen molar-refractivity contribution < 1.29 is 9.53 Å². The Hall–Kier alpha value is -0.570. The highest BCUT2D eigenvalue weighted by molar-refractivity contribution is 14.0. The Morgan fingerprint density at radius 1 is 1.32 bits per heavy atom. The van der Waals surface area contributed by atoms with Crippen LogP contribution in [0.5, 0.6) is 0 Å². The van der Waals surface area contributed by atoms with Crippen LogP contribution >= 0.6 is 24.0 Å². The number of rotatable bonds is 8. The van der Waals surface area contributed by atoms with Crippen LogP contribution in [-0.4, -0.2) is 51.3 Å². The van der Waals surface area contributed by atoms with Gasteiger partial charge in [-0.2, -0.15) is 0 Å². The van der Waals surface area contributed by atoms with Crippen LogP contribution in [0.25, 0.3) is 0 Å². The summed E-state index contributed by atoms with van der Waals surface area (Å²) in [5.74, 6) is 0.571. The molecule has 19 heavy (non-hydrogen) atoms. The predicted molar refractivity (Wildman–Crippen MR) is 89.2 cm³/mol. The number of nitrogens with zero attached hydrogens (tertiary/aromatic N) is 1. The number of aliphatic imine (C=N–C) groups is 1. The van der Waals surface area contributed by atoms with Crippen molar-refractivity contribution in [3.63, 3.8) is 0 Å². The van der Waals surface area contributed by atoms with E-state index < -0.39 is 0 Å². The first kappa shape index (κ1) is 20.7. The molecule has 0 aliphatic rings. The fourth-order valence-corrected chi connectivity index (χ4v) is 1.32. The number of nitrogens with one attached hydrogen (secondary N) is 3. The lowest BCUT2D eigenvalue weighted by molar-refractivity contribution is -0.119. The second kappa shape index (κ2) is 13.9. The number of halogens is 1. The molecular weight excluding hydrogens is 359 g/mol. The van der Waals surface area contributed by atoms with E-state index in [1.165, 1.54) is 0 Å². The van der Waals surface area contributed by atoms with Gasteiger partial charge < -0.3 is 20.7 Å². The second-order valence-corrected chi connectivity index (χ2v) is 4.05. The lowest BCUT2D eigenvalue weighted by Crippen LogP contribution is -2.44. The average molecular weight is 386 g/mol. The molecule has 1 atom stereocenters. The summed E-state index contributed by atoms with van der Waals surface area (Å²) >= 11 is 0. The molecule has 0 aromatic carbocycles. The SMILES string of the molecule is CCCNC(=O)CN=C(NCC)NC(C)COC.I. The van der Waals surface area contributed by atoms with E-state index in [0.29, 0.717) is 19.1 Å². The minimum absolute atomic E-state index is 0. The molecule has 0 fully saturated rings. The normalized spacial score (nSPS) is 12.3. The number of amides is 1. The monoisotopic (exact) mass is 386 g/mol. The van der Waals surface area contributed by atoms with Crippen molar-refractivity contribution in [2.24, 2.45) is 4.99 Å². The number of hydrogen-bond acceptors (Lipinski definition) is 3. The van der Waals surface area contributed by atoms with Gasteiger partial charge in [0.15, 0.2) is 5.96 Å². The fourth-order valence-electron chi connectivity index (χ4n) is 1.32. The molecule has 114 valence electrons. The first-order chi connectivity index (χ1) is 8.63. The van der Waals surface area contributed by atoms with E-state index >= 15 is 0 Å². The van der Waals surface area contributed by atoms with Gasteiger partial charge in [0.1, 0.15) is 6.54 Å². The summed E-state index contributed by atoms with van der Waals surface area (Å²) in [6, 6.07) is 0.145. The van der Waals surface area contributed by atoms with Gasteiger partial charge in [0.25, 0.3) is 0 Å². The summed E-state index contributed by atoms with van der Waals surface area (Å²) in [6.07, 6.45) is 0.929. The Balaban J connectivity index is 0. The number of guanidine groups is 1. The number of ether oxygens (including phenoxy) is 1. The standard InChI is InChI=1S/C12H26N4O2.HI/c1-5-7-14-11(17)8-15-12(13-6-2)16-10(3)9-18-4;/h10H,5-9H2,1-4H3,(H,14,17)(H2,13,15,16);1H. The molecule has 0 radical (unpaired) electrons. The van der Waals surface area contributed by atoms with Gasteiger partial charge in [0.2, 0.25) is 5.91 Å². The molecule has 0 spiro atoms. The van der Waals surface area contributed by atoms with E-state index in [1.54, 1.807) is 7.11 Å². The van der Waals surface area contributed by atoms with Crippen molar-refractivity contribution in [3.05, 3.63) is 0 Å². The van der Waals surface area contributed by atoms with E-state index in [0.717, 1.165) is 13.0 Å². The van der Waals surface area contributed by atoms with Crippen molar-refractivity contribution in [2.45, 2.75) is 33.2 Å². The smallest absolute Gasteiger partial charge is 0.241 e. The highest BCUT2D eigenvalue weighted by Crippen LogP contribution is 1.84. The van der Waals surface area contributed by atoms with Crippen LogP contribution in [0.3, 0.4) is 0 Å². The van der Waals surface area contributed by atoms with Crippen LogP contribution in [-0.2, 0) is 9.53 Å². The minimum Gasteiger partial charge on any atom is -0.383 e. The van der Waals surface area contributed by atoms with Crippen LogP contribution in [0.2, 0.25) is 0 Å². The molecule has 0 rings (SSSR count). The Kier molecular flexibility index (Phi) is 15.1. The molecule has 6 nitrogen and oxygen atoms in total. The summed E-state index contributed by atoms with van der Waals surface area (Å²) in [7, 11) is 1.65. The van der Waals surface area contributed by atoms with E-state index in [1.807, 2.05) is 20.8 Å². The number of carbonyl (C=O) groups is 1. The molecule has 0 aromatic heterocycles. The Bertz CT molecular complexity index is 262. The number of hydrogen-bond donors (Lipinski definition) is 3. The zero-order chi connectivity index (χ0) is 13.8. The van der Waals surface area contributed by atoms with Crippen LogP contribution < -0.4 is 16.0 Å². The van der Waals surface area contributed by atoms with Crippen LogP contribution in [0, 0.1) is 0 Å². The second-order valence-electron chi connectivity index (χ2n) is 4.05. The predicted octanol–water partition coefficient (Wildman–Crippen LogP) is 0.721. The summed E-state index contributed by atoms with van der Waals surface area (Å²) in [4.78, 5) is 15.6. The molecular formula is C12H27IN4O2. The summed E-state index contributed by atoms with van der Waals surface area (Å²) < 4.78 is 5.04. The molecule has 0 aliphatic carbocycles. The molecule has 1 amide bonds. The van der Waals surface area contributed by atoms with E-state index in [9.17, 15) is 4.79 Å². The van der Waals surface area contributed by atoms with Gasteiger partial charge >= 0.3 is 0 Å². The van der Waals surface area contributed by atoms with E-state index in [2.05, 4.69) is 20.9 Å². The third kappa shape index (κ3) is 12.2.